The predicted molar refractivity (Wildman–Crippen MR) is 132 cm³/mol. The van der Waals surface area contributed by atoms with E-state index in [-0.39, 0.29) is 23.0 Å². The van der Waals surface area contributed by atoms with Crippen molar-refractivity contribution in [3.05, 3.63) is 119 Å². The summed E-state index contributed by atoms with van der Waals surface area (Å²) in [6, 6.07) is 21.9. The molecule has 1 aliphatic heterocycles. The van der Waals surface area contributed by atoms with Crippen molar-refractivity contribution >= 4 is 12.2 Å². The number of benzene rings is 4. The van der Waals surface area contributed by atoms with Gasteiger partial charge in [-0.05, 0) is 40.8 Å². The number of aliphatic hydroxyl groups is 1. The smallest absolute Gasteiger partial charge is 0.167 e. The molecular weight excluding hydrogens is 449 g/mol. The van der Waals surface area contributed by atoms with Crippen molar-refractivity contribution in [3.63, 3.8) is 0 Å². The molecule has 4 aromatic carbocycles. The van der Waals surface area contributed by atoms with Crippen LogP contribution in [0.2, 0.25) is 0 Å². The first kappa shape index (κ1) is 23.1. The summed E-state index contributed by atoms with van der Waals surface area (Å²) >= 11 is 0. The van der Waals surface area contributed by atoms with Crippen molar-refractivity contribution in [2.75, 3.05) is 6.61 Å². The maximum atomic E-state index is 15.0. The van der Waals surface area contributed by atoms with Crippen molar-refractivity contribution in [1.29, 1.82) is 0 Å². The molecule has 1 fully saturated rings. The van der Waals surface area contributed by atoms with E-state index in [4.69, 9.17) is 4.74 Å². The molecule has 4 aromatic rings. The molecule has 2 unspecified atom stereocenters. The highest BCUT2D eigenvalue weighted by molar-refractivity contribution is 5.74. The summed E-state index contributed by atoms with van der Waals surface area (Å²) in [6.07, 6.45) is 2.88. The van der Waals surface area contributed by atoms with Crippen LogP contribution in [-0.4, -0.2) is 11.7 Å². The van der Waals surface area contributed by atoms with Gasteiger partial charge in [0, 0.05) is 16.7 Å². The van der Waals surface area contributed by atoms with Crippen LogP contribution in [0.25, 0.3) is 34.4 Å². The molecule has 2 atom stereocenters. The summed E-state index contributed by atoms with van der Waals surface area (Å²) in [6.45, 7) is 2.20. The maximum absolute atomic E-state index is 15.0. The van der Waals surface area contributed by atoms with E-state index in [2.05, 4.69) is 0 Å². The minimum atomic E-state index is -0.918. The van der Waals surface area contributed by atoms with Crippen molar-refractivity contribution < 1.29 is 23.0 Å². The number of halogens is 3. The van der Waals surface area contributed by atoms with Gasteiger partial charge in [-0.2, -0.15) is 0 Å². The molecular formula is C30H23F3O2. The molecule has 0 amide bonds. The zero-order valence-corrected chi connectivity index (χ0v) is 19.0. The Kier molecular flexibility index (Phi) is 6.29. The van der Waals surface area contributed by atoms with Gasteiger partial charge in [-0.15, -0.1) is 0 Å². The molecule has 35 heavy (non-hydrogen) atoms. The van der Waals surface area contributed by atoms with E-state index < -0.39 is 17.7 Å². The molecule has 1 N–H and O–H groups in total. The third-order valence-corrected chi connectivity index (χ3v) is 6.18. The Balaban J connectivity index is 1.34. The Morgan fingerprint density at radius 1 is 0.771 bits per heavy atom. The lowest BCUT2D eigenvalue weighted by molar-refractivity contribution is 0.199. The van der Waals surface area contributed by atoms with E-state index in [1.165, 1.54) is 6.07 Å². The minimum absolute atomic E-state index is 0.129. The molecule has 5 heteroatoms. The summed E-state index contributed by atoms with van der Waals surface area (Å²) < 4.78 is 49.2. The molecule has 0 spiro atoms. The number of hydrogen-bond acceptors (Lipinski definition) is 2. The lowest BCUT2D eigenvalue weighted by Gasteiger charge is -2.11. The Morgan fingerprint density at radius 2 is 1.29 bits per heavy atom. The molecule has 2 nitrogen and oxygen atoms in total. The minimum Gasteiger partial charge on any atom is -0.389 e. The van der Waals surface area contributed by atoms with Gasteiger partial charge in [0.15, 0.2) is 11.6 Å². The second-order valence-electron chi connectivity index (χ2n) is 8.64. The standard InChI is InChI=1S/C30H23F3O2/c1-18(34)21-9-11-23(12-10-21)25-15-14-24(29(32)30(25)33)22-7-4-19(5-8-22)2-3-20-6-13-26(27(31)16-20)28-17-35-28/h2-16,18,28,34H,17H2,1H3/b3-2+. The number of hydrogen-bond donors (Lipinski definition) is 1. The third-order valence-electron chi connectivity index (χ3n) is 6.18. The van der Waals surface area contributed by atoms with E-state index in [1.54, 1.807) is 79.7 Å². The second kappa shape index (κ2) is 9.53. The predicted octanol–water partition coefficient (Wildman–Crippen LogP) is 7.73. The van der Waals surface area contributed by atoms with Crippen LogP contribution in [0.5, 0.6) is 0 Å². The lowest BCUT2D eigenvalue weighted by atomic mass is 9.97. The van der Waals surface area contributed by atoms with Gasteiger partial charge >= 0.3 is 0 Å². The Bertz CT molecular complexity index is 1390. The van der Waals surface area contributed by atoms with Gasteiger partial charge in [-0.1, -0.05) is 84.9 Å². The second-order valence-corrected chi connectivity index (χ2v) is 8.64. The van der Waals surface area contributed by atoms with Crippen LogP contribution in [0.4, 0.5) is 13.2 Å². The van der Waals surface area contributed by atoms with Gasteiger partial charge in [0.25, 0.3) is 0 Å². The summed E-state index contributed by atoms with van der Waals surface area (Å²) in [4.78, 5) is 0. The van der Waals surface area contributed by atoms with Crippen LogP contribution in [-0.2, 0) is 4.74 Å². The molecule has 0 bridgehead atoms. The molecule has 176 valence electrons. The van der Waals surface area contributed by atoms with Crippen LogP contribution in [0, 0.1) is 17.5 Å². The highest BCUT2D eigenvalue weighted by Crippen LogP contribution is 2.33. The van der Waals surface area contributed by atoms with E-state index in [1.807, 2.05) is 12.1 Å². The van der Waals surface area contributed by atoms with Crippen molar-refractivity contribution in [2.24, 2.45) is 0 Å². The molecule has 0 aromatic heterocycles. The fraction of sp³-hybridized carbons (Fsp3) is 0.133. The van der Waals surface area contributed by atoms with Gasteiger partial charge < -0.3 is 9.84 Å². The first-order chi connectivity index (χ1) is 16.9. The fourth-order valence-corrected chi connectivity index (χ4v) is 4.04. The maximum Gasteiger partial charge on any atom is 0.167 e. The number of rotatable bonds is 6. The van der Waals surface area contributed by atoms with Crippen molar-refractivity contribution in [2.45, 2.75) is 19.1 Å². The average Bonchev–Trinajstić information content (AvgIpc) is 3.70. The number of epoxide rings is 1. The van der Waals surface area contributed by atoms with Gasteiger partial charge in [-0.3, -0.25) is 0 Å². The molecule has 0 radical (unpaired) electrons. The van der Waals surface area contributed by atoms with Crippen molar-refractivity contribution in [3.8, 4) is 22.3 Å². The fourth-order valence-electron chi connectivity index (χ4n) is 4.04. The summed E-state index contributed by atoms with van der Waals surface area (Å²) in [5.74, 6) is -2.12. The van der Waals surface area contributed by atoms with Crippen LogP contribution < -0.4 is 0 Å². The zero-order valence-electron chi connectivity index (χ0n) is 19.0. The van der Waals surface area contributed by atoms with Gasteiger partial charge in [0.05, 0.1) is 12.7 Å². The van der Waals surface area contributed by atoms with Crippen LogP contribution in [0.3, 0.4) is 0 Å². The zero-order chi connectivity index (χ0) is 24.5. The first-order valence-corrected chi connectivity index (χ1v) is 11.4. The van der Waals surface area contributed by atoms with Crippen LogP contribution in [0.15, 0.2) is 78.9 Å². The number of ether oxygens (including phenoxy) is 1. The lowest BCUT2D eigenvalue weighted by Crippen LogP contribution is -1.95. The summed E-state index contributed by atoms with van der Waals surface area (Å²) in [5, 5.41) is 9.64. The Labute approximate surface area is 202 Å². The molecule has 0 aliphatic carbocycles. The molecule has 1 saturated heterocycles. The van der Waals surface area contributed by atoms with E-state index >= 15 is 0 Å². The average molecular weight is 473 g/mol. The highest BCUT2D eigenvalue weighted by atomic mass is 19.2. The van der Waals surface area contributed by atoms with E-state index in [9.17, 15) is 18.3 Å². The molecule has 1 heterocycles. The topological polar surface area (TPSA) is 32.8 Å². The van der Waals surface area contributed by atoms with Crippen LogP contribution in [0.1, 0.15) is 41.4 Å². The van der Waals surface area contributed by atoms with Crippen LogP contribution >= 0.6 is 0 Å². The third kappa shape index (κ3) is 4.92. The number of aliphatic hydroxyl groups excluding tert-OH is 1. The summed E-state index contributed by atoms with van der Waals surface area (Å²) in [7, 11) is 0. The Morgan fingerprint density at radius 3 is 1.80 bits per heavy atom. The van der Waals surface area contributed by atoms with E-state index in [0.717, 1.165) is 11.1 Å². The molecule has 5 rings (SSSR count). The largest absolute Gasteiger partial charge is 0.389 e. The Hall–Kier alpha value is -3.67. The quantitative estimate of drug-likeness (QED) is 0.230. The normalized spacial score (nSPS) is 16.0. The molecule has 0 saturated carbocycles. The van der Waals surface area contributed by atoms with Gasteiger partial charge in [-0.25, -0.2) is 13.2 Å². The van der Waals surface area contributed by atoms with Gasteiger partial charge in [0.1, 0.15) is 11.9 Å². The first-order valence-electron chi connectivity index (χ1n) is 11.4. The van der Waals surface area contributed by atoms with Gasteiger partial charge in [0.2, 0.25) is 0 Å². The van der Waals surface area contributed by atoms with Crippen molar-refractivity contribution in [1.82, 2.24) is 0 Å². The highest BCUT2D eigenvalue weighted by Gasteiger charge is 2.27. The summed E-state index contributed by atoms with van der Waals surface area (Å²) in [5.41, 5.74) is 4.26. The SMILES string of the molecule is CC(O)c1ccc(-c2ccc(-c3ccc(/C=C/c4ccc(C5CO5)c(F)c4)cc3)c(F)c2F)cc1. The monoisotopic (exact) mass is 472 g/mol. The van der Waals surface area contributed by atoms with E-state index in [0.29, 0.717) is 28.9 Å². The molecule has 1 aliphatic rings.